The summed E-state index contributed by atoms with van der Waals surface area (Å²) in [7, 11) is -4.26. The van der Waals surface area contributed by atoms with Crippen molar-refractivity contribution < 1.29 is 21.6 Å². The Morgan fingerprint density at radius 1 is 1.25 bits per heavy atom. The summed E-state index contributed by atoms with van der Waals surface area (Å²) in [5, 5.41) is 0. The maximum atomic E-state index is 12.9. The Balaban J connectivity index is 2.40. The van der Waals surface area contributed by atoms with Crippen LogP contribution in [0.15, 0.2) is 29.2 Å². The molecule has 1 aliphatic rings. The molecule has 0 amide bonds. The maximum absolute atomic E-state index is 12.9. The van der Waals surface area contributed by atoms with Gasteiger partial charge in [-0.05, 0) is 31.4 Å². The van der Waals surface area contributed by atoms with Crippen LogP contribution in [0.4, 0.5) is 13.2 Å². The van der Waals surface area contributed by atoms with Crippen molar-refractivity contribution in [2.75, 3.05) is 5.88 Å². The number of halogens is 4. The molecule has 1 aromatic rings. The molecule has 2 rings (SSSR count). The molecule has 0 saturated heterocycles. The number of nitrogens with one attached hydrogen (secondary N) is 1. The summed E-state index contributed by atoms with van der Waals surface area (Å²) < 4.78 is 65.3. The second-order valence-corrected chi connectivity index (χ2v) is 6.79. The Morgan fingerprint density at radius 3 is 2.30 bits per heavy atom. The molecule has 20 heavy (non-hydrogen) atoms. The van der Waals surface area contributed by atoms with Crippen LogP contribution in [0.25, 0.3) is 0 Å². The van der Waals surface area contributed by atoms with E-state index in [-0.39, 0.29) is 5.88 Å². The van der Waals surface area contributed by atoms with Gasteiger partial charge in [0, 0.05) is 11.4 Å². The summed E-state index contributed by atoms with van der Waals surface area (Å²) in [4.78, 5) is -0.760. The van der Waals surface area contributed by atoms with Crippen molar-refractivity contribution in [2.45, 2.75) is 35.9 Å². The Kier molecular flexibility index (Phi) is 4.05. The van der Waals surface area contributed by atoms with E-state index in [9.17, 15) is 21.6 Å². The molecular formula is C12H13ClF3NO2S. The second-order valence-electron chi connectivity index (χ2n) is 4.87. The molecule has 1 aromatic carbocycles. The van der Waals surface area contributed by atoms with Crippen molar-refractivity contribution in [3.05, 3.63) is 29.8 Å². The first-order valence-corrected chi connectivity index (χ1v) is 7.98. The monoisotopic (exact) mass is 327 g/mol. The fourth-order valence-electron chi connectivity index (χ4n) is 2.14. The lowest BCUT2D eigenvalue weighted by molar-refractivity contribution is -0.139. The highest BCUT2D eigenvalue weighted by Gasteiger charge is 2.43. The lowest BCUT2D eigenvalue weighted by Gasteiger charge is -2.40. The number of benzene rings is 1. The van der Waals surface area contributed by atoms with Crippen LogP contribution in [-0.2, 0) is 16.2 Å². The zero-order chi connectivity index (χ0) is 15.0. The van der Waals surface area contributed by atoms with Gasteiger partial charge in [0.1, 0.15) is 0 Å². The highest BCUT2D eigenvalue weighted by molar-refractivity contribution is 7.89. The molecule has 1 fully saturated rings. The number of hydrogen-bond donors (Lipinski definition) is 1. The minimum atomic E-state index is -4.72. The molecule has 1 aliphatic carbocycles. The van der Waals surface area contributed by atoms with Gasteiger partial charge in [0.25, 0.3) is 0 Å². The minimum absolute atomic E-state index is 0.0421. The minimum Gasteiger partial charge on any atom is -0.207 e. The number of alkyl halides is 4. The van der Waals surface area contributed by atoms with Crippen molar-refractivity contribution in [1.29, 1.82) is 0 Å². The summed E-state index contributed by atoms with van der Waals surface area (Å²) in [6.07, 6.45) is -2.86. The van der Waals surface area contributed by atoms with Crippen LogP contribution in [0.2, 0.25) is 0 Å². The van der Waals surface area contributed by atoms with Gasteiger partial charge in [0.05, 0.1) is 10.5 Å². The smallest absolute Gasteiger partial charge is 0.207 e. The molecule has 0 aromatic heterocycles. The Bertz CT molecular complexity index is 591. The van der Waals surface area contributed by atoms with E-state index >= 15 is 0 Å². The van der Waals surface area contributed by atoms with E-state index in [4.69, 9.17) is 11.6 Å². The first-order valence-electron chi connectivity index (χ1n) is 5.96. The van der Waals surface area contributed by atoms with Gasteiger partial charge in [0.15, 0.2) is 0 Å². The zero-order valence-electron chi connectivity index (χ0n) is 10.4. The molecule has 0 spiro atoms. The molecule has 8 heteroatoms. The van der Waals surface area contributed by atoms with Crippen LogP contribution >= 0.6 is 11.6 Å². The lowest BCUT2D eigenvalue weighted by atomic mass is 9.79. The van der Waals surface area contributed by atoms with Crippen LogP contribution in [0.5, 0.6) is 0 Å². The van der Waals surface area contributed by atoms with Gasteiger partial charge >= 0.3 is 6.18 Å². The summed E-state index contributed by atoms with van der Waals surface area (Å²) in [5.74, 6) is 0.0421. The molecule has 1 N–H and O–H groups in total. The lowest BCUT2D eigenvalue weighted by Crippen LogP contribution is -2.55. The summed E-state index contributed by atoms with van der Waals surface area (Å²) >= 11 is 5.73. The Morgan fingerprint density at radius 2 is 1.85 bits per heavy atom. The molecule has 0 heterocycles. The molecule has 0 atom stereocenters. The predicted molar refractivity (Wildman–Crippen MR) is 69.1 cm³/mol. The molecule has 0 aliphatic heterocycles. The van der Waals surface area contributed by atoms with E-state index in [0.717, 1.165) is 24.6 Å². The van der Waals surface area contributed by atoms with E-state index in [1.807, 2.05) is 0 Å². The van der Waals surface area contributed by atoms with Gasteiger partial charge in [0.2, 0.25) is 10.0 Å². The van der Waals surface area contributed by atoms with Crippen molar-refractivity contribution in [2.24, 2.45) is 0 Å². The SMILES string of the molecule is O=S(=O)(NC1(CCl)CCC1)c1ccccc1C(F)(F)F. The van der Waals surface area contributed by atoms with E-state index in [1.165, 1.54) is 6.07 Å². The van der Waals surface area contributed by atoms with E-state index in [2.05, 4.69) is 4.72 Å². The topological polar surface area (TPSA) is 46.2 Å². The van der Waals surface area contributed by atoms with Gasteiger partial charge in [-0.1, -0.05) is 12.1 Å². The fourth-order valence-corrected chi connectivity index (χ4v) is 4.24. The van der Waals surface area contributed by atoms with Crippen LogP contribution in [0, 0.1) is 0 Å². The van der Waals surface area contributed by atoms with Crippen LogP contribution in [0.1, 0.15) is 24.8 Å². The van der Waals surface area contributed by atoms with Gasteiger partial charge < -0.3 is 0 Å². The van der Waals surface area contributed by atoms with E-state index in [1.54, 1.807) is 0 Å². The molecule has 1 saturated carbocycles. The third kappa shape index (κ3) is 2.94. The quantitative estimate of drug-likeness (QED) is 0.864. The second kappa shape index (κ2) is 5.20. The van der Waals surface area contributed by atoms with Gasteiger partial charge in [-0.2, -0.15) is 13.2 Å². The number of sulfonamides is 1. The van der Waals surface area contributed by atoms with Crippen molar-refractivity contribution in [1.82, 2.24) is 4.72 Å². The third-order valence-corrected chi connectivity index (χ3v) is 5.55. The van der Waals surface area contributed by atoms with Crippen LogP contribution < -0.4 is 4.72 Å². The zero-order valence-corrected chi connectivity index (χ0v) is 11.9. The number of rotatable bonds is 4. The highest BCUT2D eigenvalue weighted by atomic mass is 35.5. The largest absolute Gasteiger partial charge is 0.417 e. The summed E-state index contributed by atoms with van der Waals surface area (Å²) in [5.41, 5.74) is -1.99. The fraction of sp³-hybridized carbons (Fsp3) is 0.500. The maximum Gasteiger partial charge on any atom is 0.417 e. The highest BCUT2D eigenvalue weighted by Crippen LogP contribution is 2.37. The van der Waals surface area contributed by atoms with E-state index in [0.29, 0.717) is 12.8 Å². The van der Waals surface area contributed by atoms with Gasteiger partial charge in [-0.3, -0.25) is 0 Å². The van der Waals surface area contributed by atoms with Crippen LogP contribution in [-0.4, -0.2) is 19.8 Å². The molecule has 3 nitrogen and oxygen atoms in total. The molecule has 112 valence electrons. The van der Waals surface area contributed by atoms with Crippen molar-refractivity contribution >= 4 is 21.6 Å². The normalized spacial score (nSPS) is 18.6. The Hall–Kier alpha value is -0.790. The molecule has 0 radical (unpaired) electrons. The molecule has 0 unspecified atom stereocenters. The first kappa shape index (κ1) is 15.6. The predicted octanol–water partition coefficient (Wildman–Crippen LogP) is 3.15. The first-order chi connectivity index (χ1) is 9.20. The van der Waals surface area contributed by atoms with Gasteiger partial charge in [-0.15, -0.1) is 11.6 Å². The standard InChI is InChI=1S/C12H13ClF3NO2S/c13-8-11(6-3-7-11)17-20(18,19)10-5-2-1-4-9(10)12(14,15)16/h1-2,4-5,17H,3,6-8H2. The van der Waals surface area contributed by atoms with Crippen molar-refractivity contribution in [3.8, 4) is 0 Å². The van der Waals surface area contributed by atoms with Gasteiger partial charge in [-0.25, -0.2) is 13.1 Å². The molecular weight excluding hydrogens is 315 g/mol. The average molecular weight is 328 g/mol. The average Bonchev–Trinajstić information content (AvgIpc) is 2.33. The third-order valence-electron chi connectivity index (χ3n) is 3.40. The molecule has 0 bridgehead atoms. The van der Waals surface area contributed by atoms with Crippen LogP contribution in [0.3, 0.4) is 0 Å². The summed E-state index contributed by atoms with van der Waals surface area (Å²) in [6.45, 7) is 0. The summed E-state index contributed by atoms with van der Waals surface area (Å²) in [6, 6.07) is 4.12. The number of hydrogen-bond acceptors (Lipinski definition) is 2. The van der Waals surface area contributed by atoms with Crippen molar-refractivity contribution in [3.63, 3.8) is 0 Å². The van der Waals surface area contributed by atoms with E-state index < -0.39 is 32.2 Å². The Labute approximate surface area is 120 Å².